The van der Waals surface area contributed by atoms with Crippen LogP contribution in [0.25, 0.3) is 21.8 Å². The van der Waals surface area contributed by atoms with Crippen LogP contribution in [0.3, 0.4) is 0 Å². The minimum atomic E-state index is 0.0856. The van der Waals surface area contributed by atoms with Gasteiger partial charge in [-0.3, -0.25) is 5.41 Å². The second kappa shape index (κ2) is 6.35. The van der Waals surface area contributed by atoms with Crippen LogP contribution in [0.2, 0.25) is 0 Å². The summed E-state index contributed by atoms with van der Waals surface area (Å²) in [4.78, 5) is 5.49. The summed E-state index contributed by atoms with van der Waals surface area (Å²) in [6, 6.07) is 7.42. The first kappa shape index (κ1) is 16.0. The molecule has 3 aromatic rings. The van der Waals surface area contributed by atoms with Crippen molar-refractivity contribution >= 4 is 40.3 Å². The number of phenols is 1. The van der Waals surface area contributed by atoms with Crippen LogP contribution in [0.4, 0.5) is 0 Å². The lowest BCUT2D eigenvalue weighted by Crippen LogP contribution is -2.08. The Bertz CT molecular complexity index is 883. The van der Waals surface area contributed by atoms with Crippen molar-refractivity contribution in [1.29, 1.82) is 5.41 Å². The molecule has 0 aliphatic rings. The van der Waals surface area contributed by atoms with Crippen LogP contribution < -0.4 is 5.73 Å². The highest BCUT2D eigenvalue weighted by atomic mass is 32.2. The lowest BCUT2D eigenvalue weighted by Gasteiger charge is -2.01. The maximum absolute atomic E-state index is 9.65. The fraction of sp³-hybridized carbons (Fsp3) is 0.125. The normalized spacial score (nSPS) is 10.9. The molecule has 4 nitrogen and oxygen atoms in total. The van der Waals surface area contributed by atoms with Crippen molar-refractivity contribution in [2.45, 2.75) is 11.1 Å². The Labute approximate surface area is 146 Å². The number of nitrogens with one attached hydrogen (secondary N) is 1. The Morgan fingerprint density at radius 2 is 2.13 bits per heavy atom. The summed E-state index contributed by atoms with van der Waals surface area (Å²) in [7, 11) is 0. The number of nitrogens with zero attached hydrogens (tertiary/aromatic N) is 1. The number of hydrogen-bond donors (Lipinski definition) is 3. The summed E-state index contributed by atoms with van der Waals surface area (Å²) in [5, 5.41) is 20.2. The molecule has 0 spiro atoms. The van der Waals surface area contributed by atoms with Crippen LogP contribution in [0.5, 0.6) is 5.75 Å². The summed E-state index contributed by atoms with van der Waals surface area (Å²) < 4.78 is 1.11. The maximum atomic E-state index is 9.65. The zero-order valence-corrected chi connectivity index (χ0v) is 15.0. The van der Waals surface area contributed by atoms with E-state index in [4.69, 9.17) is 16.1 Å². The van der Waals surface area contributed by atoms with Crippen LogP contribution in [0.15, 0.2) is 33.9 Å². The highest BCUT2D eigenvalue weighted by Crippen LogP contribution is 2.40. The van der Waals surface area contributed by atoms with Gasteiger partial charge in [0, 0.05) is 16.5 Å². The smallest absolute Gasteiger partial charge is 0.133 e. The van der Waals surface area contributed by atoms with E-state index in [9.17, 15) is 5.11 Å². The average molecular weight is 362 g/mol. The van der Waals surface area contributed by atoms with Crippen molar-refractivity contribution in [3.63, 3.8) is 0 Å². The van der Waals surface area contributed by atoms with Crippen LogP contribution in [0.1, 0.15) is 10.4 Å². The van der Waals surface area contributed by atoms with Gasteiger partial charge in [0.1, 0.15) is 16.6 Å². The van der Waals surface area contributed by atoms with Gasteiger partial charge in [0.15, 0.2) is 0 Å². The van der Waals surface area contributed by atoms with Crippen LogP contribution in [0, 0.1) is 12.3 Å². The number of thioether (sulfide) groups is 1. The number of thiophene rings is 1. The minimum Gasteiger partial charge on any atom is -0.508 e. The van der Waals surface area contributed by atoms with E-state index in [-0.39, 0.29) is 11.6 Å². The molecule has 4 N–H and O–H groups in total. The summed E-state index contributed by atoms with van der Waals surface area (Å²) >= 11 is 4.73. The van der Waals surface area contributed by atoms with Gasteiger partial charge in [0.25, 0.3) is 0 Å². The summed E-state index contributed by atoms with van der Waals surface area (Å²) in [5.41, 5.74) is 9.32. The first-order valence-corrected chi connectivity index (χ1v) is 9.69. The molecule has 2 heterocycles. The standard InChI is InChI=1S/C16H15N3OS3/c1-8-5-9(3-4-12(8)20)11-7-22-15(19-11)10-6-13(14(17)18)23-16(10)21-2/h3-7,20H,1-2H3,(H3,17,18). The van der Waals surface area contributed by atoms with E-state index in [1.807, 2.05) is 36.8 Å². The highest BCUT2D eigenvalue weighted by molar-refractivity contribution is 8.00. The van der Waals surface area contributed by atoms with Gasteiger partial charge in [-0.1, -0.05) is 0 Å². The number of nitrogens with two attached hydrogens (primary N) is 1. The Morgan fingerprint density at radius 3 is 2.78 bits per heavy atom. The van der Waals surface area contributed by atoms with Gasteiger partial charge >= 0.3 is 0 Å². The topological polar surface area (TPSA) is 83.0 Å². The molecule has 0 saturated heterocycles. The quantitative estimate of drug-likeness (QED) is 0.361. The SMILES string of the molecule is CSc1sc(C(=N)N)cc1-c1nc(-c2ccc(O)c(C)c2)cs1. The van der Waals surface area contributed by atoms with Gasteiger partial charge < -0.3 is 10.8 Å². The van der Waals surface area contributed by atoms with E-state index in [2.05, 4.69) is 0 Å². The average Bonchev–Trinajstić information content (AvgIpc) is 3.15. The van der Waals surface area contributed by atoms with E-state index >= 15 is 0 Å². The lowest BCUT2D eigenvalue weighted by molar-refractivity contribution is 0.471. The van der Waals surface area contributed by atoms with E-state index in [0.717, 1.165) is 36.5 Å². The molecule has 3 rings (SSSR count). The molecule has 1 aromatic carbocycles. The molecule has 118 valence electrons. The molecule has 0 unspecified atom stereocenters. The number of aromatic hydroxyl groups is 1. The van der Waals surface area contributed by atoms with Crippen molar-refractivity contribution in [3.8, 4) is 27.6 Å². The second-order valence-corrected chi connectivity index (χ2v) is 7.95. The van der Waals surface area contributed by atoms with Gasteiger partial charge in [-0.25, -0.2) is 4.98 Å². The predicted octanol–water partition coefficient (Wildman–Crippen LogP) is 4.56. The molecule has 0 saturated carbocycles. The third-order valence-electron chi connectivity index (χ3n) is 3.38. The van der Waals surface area contributed by atoms with Crippen LogP contribution >= 0.6 is 34.4 Å². The van der Waals surface area contributed by atoms with Crippen LogP contribution in [-0.2, 0) is 0 Å². The third kappa shape index (κ3) is 3.12. The lowest BCUT2D eigenvalue weighted by atomic mass is 10.1. The first-order valence-electron chi connectivity index (χ1n) is 6.77. The number of aromatic nitrogens is 1. The number of aryl methyl sites for hydroxylation is 1. The third-order valence-corrected chi connectivity index (χ3v) is 6.56. The number of amidine groups is 1. The zero-order valence-electron chi connectivity index (χ0n) is 12.6. The fourth-order valence-corrected chi connectivity index (χ4v) is 4.86. The van der Waals surface area contributed by atoms with Crippen molar-refractivity contribution in [2.24, 2.45) is 5.73 Å². The molecule has 0 fully saturated rings. The van der Waals surface area contributed by atoms with Gasteiger partial charge in [-0.2, -0.15) is 0 Å². The fourth-order valence-electron chi connectivity index (χ4n) is 2.15. The van der Waals surface area contributed by atoms with E-state index in [1.54, 1.807) is 29.2 Å². The molecular weight excluding hydrogens is 346 g/mol. The predicted molar refractivity (Wildman–Crippen MR) is 100 cm³/mol. The highest BCUT2D eigenvalue weighted by Gasteiger charge is 2.16. The van der Waals surface area contributed by atoms with Crippen molar-refractivity contribution < 1.29 is 5.11 Å². The van der Waals surface area contributed by atoms with Gasteiger partial charge in [-0.15, -0.1) is 34.4 Å². The van der Waals surface area contributed by atoms with Crippen molar-refractivity contribution in [1.82, 2.24) is 4.98 Å². The molecule has 0 aliphatic heterocycles. The monoisotopic (exact) mass is 361 g/mol. The first-order chi connectivity index (χ1) is 11.0. The molecular formula is C16H15N3OS3. The van der Waals surface area contributed by atoms with Crippen LogP contribution in [-0.4, -0.2) is 22.2 Å². The number of thiazole rings is 1. The molecule has 0 atom stereocenters. The minimum absolute atomic E-state index is 0.0856. The largest absolute Gasteiger partial charge is 0.508 e. The number of benzene rings is 1. The summed E-state index contributed by atoms with van der Waals surface area (Å²) in [5.74, 6) is 0.375. The number of phenolic OH excluding ortho intramolecular Hbond substituents is 1. The molecule has 0 radical (unpaired) electrons. The Hall–Kier alpha value is -1.83. The van der Waals surface area contributed by atoms with E-state index in [1.165, 1.54) is 11.3 Å². The van der Waals surface area contributed by atoms with Gasteiger partial charge in [0.2, 0.25) is 0 Å². The Balaban J connectivity index is 2.01. The Morgan fingerprint density at radius 1 is 1.35 bits per heavy atom. The molecule has 23 heavy (non-hydrogen) atoms. The molecule has 0 bridgehead atoms. The number of nitrogen functional groups attached to an aromatic ring is 1. The maximum Gasteiger partial charge on any atom is 0.133 e. The van der Waals surface area contributed by atoms with E-state index in [0.29, 0.717) is 0 Å². The number of rotatable bonds is 4. The van der Waals surface area contributed by atoms with Crippen molar-refractivity contribution in [2.75, 3.05) is 6.26 Å². The van der Waals surface area contributed by atoms with Gasteiger partial charge in [-0.05, 0) is 43.0 Å². The second-order valence-electron chi connectivity index (χ2n) is 4.97. The van der Waals surface area contributed by atoms with Gasteiger partial charge in [0.05, 0.1) is 14.8 Å². The number of hydrogen-bond acceptors (Lipinski definition) is 6. The molecule has 2 aromatic heterocycles. The Kier molecular flexibility index (Phi) is 4.43. The molecule has 0 amide bonds. The summed E-state index contributed by atoms with van der Waals surface area (Å²) in [6.07, 6.45) is 2.01. The molecule has 7 heteroatoms. The van der Waals surface area contributed by atoms with Crippen molar-refractivity contribution in [3.05, 3.63) is 40.1 Å². The van der Waals surface area contributed by atoms with E-state index < -0.39 is 0 Å². The summed E-state index contributed by atoms with van der Waals surface area (Å²) in [6.45, 7) is 1.87. The molecule has 0 aliphatic carbocycles. The zero-order chi connectivity index (χ0) is 16.6.